The lowest BCUT2D eigenvalue weighted by molar-refractivity contribution is 0.0943. The number of thioether (sulfide) groups is 1. The van der Waals surface area contributed by atoms with E-state index in [1.165, 1.54) is 16.7 Å². The molecule has 35 heavy (non-hydrogen) atoms. The van der Waals surface area contributed by atoms with E-state index in [0.29, 0.717) is 38.9 Å². The Bertz CT molecular complexity index is 1450. The molecule has 1 N–H and O–H groups in total. The highest BCUT2D eigenvalue weighted by Crippen LogP contribution is 2.26. The molecule has 7 heteroatoms. The first kappa shape index (κ1) is 25.0. The minimum atomic E-state index is -0.136. The predicted octanol–water partition coefficient (Wildman–Crippen LogP) is 6.15. The van der Waals surface area contributed by atoms with Crippen molar-refractivity contribution >= 4 is 40.2 Å². The first-order valence-electron chi connectivity index (χ1n) is 11.5. The molecule has 0 aliphatic heterocycles. The smallest absolute Gasteiger partial charge is 0.262 e. The molecule has 0 radical (unpaired) electrons. The Morgan fingerprint density at radius 2 is 1.80 bits per heavy atom. The molecule has 0 fully saturated rings. The van der Waals surface area contributed by atoms with Crippen molar-refractivity contribution in [2.75, 3.05) is 0 Å². The van der Waals surface area contributed by atoms with Gasteiger partial charge < -0.3 is 5.32 Å². The molecule has 1 aromatic heterocycles. The minimum absolute atomic E-state index is 0.0628. The zero-order chi connectivity index (χ0) is 25.1. The van der Waals surface area contributed by atoms with Crippen LogP contribution in [0.5, 0.6) is 0 Å². The van der Waals surface area contributed by atoms with Gasteiger partial charge in [-0.15, -0.1) is 0 Å². The number of aromatic nitrogens is 2. The molecule has 1 amide bonds. The second-order valence-corrected chi connectivity index (χ2v) is 10.4. The molecular weight excluding hydrogens is 478 g/mol. The van der Waals surface area contributed by atoms with Crippen LogP contribution in [0, 0.1) is 13.8 Å². The third-order valence-corrected chi connectivity index (χ3v) is 6.98. The average Bonchev–Trinajstić information content (AvgIpc) is 2.82. The molecule has 0 saturated heterocycles. The quantitative estimate of drug-likeness (QED) is 0.242. The Labute approximate surface area is 214 Å². The molecule has 0 atom stereocenters. The molecule has 1 heterocycles. The standard InChI is InChI=1S/C28H28ClN3O2S/c1-17(2)30-26(33)21-9-7-20(8-10-21)15-32-27(34)24-14-23(29)11-12-25(24)31-28(32)35-16-22-13-18(3)5-6-19(22)4/h5-14,17H,15-16H2,1-4H3,(H,30,33). The number of carbonyl (C=O) groups excluding carboxylic acids is 1. The van der Waals surface area contributed by atoms with E-state index in [1.807, 2.05) is 26.0 Å². The summed E-state index contributed by atoms with van der Waals surface area (Å²) in [6, 6.07) is 19.0. The van der Waals surface area contributed by atoms with E-state index in [4.69, 9.17) is 16.6 Å². The zero-order valence-corrected chi connectivity index (χ0v) is 21.8. The maximum atomic E-state index is 13.5. The number of benzene rings is 3. The van der Waals surface area contributed by atoms with Gasteiger partial charge in [0.05, 0.1) is 17.4 Å². The van der Waals surface area contributed by atoms with Crippen LogP contribution in [0.3, 0.4) is 0 Å². The molecule has 0 saturated carbocycles. The van der Waals surface area contributed by atoms with Crippen LogP contribution in [0.1, 0.15) is 46.5 Å². The summed E-state index contributed by atoms with van der Waals surface area (Å²) >= 11 is 7.73. The largest absolute Gasteiger partial charge is 0.350 e. The monoisotopic (exact) mass is 505 g/mol. The van der Waals surface area contributed by atoms with E-state index in [1.54, 1.807) is 46.7 Å². The second-order valence-electron chi connectivity index (χ2n) is 8.99. The number of nitrogens with zero attached hydrogens (tertiary/aromatic N) is 2. The number of hydrogen-bond donors (Lipinski definition) is 1. The van der Waals surface area contributed by atoms with Crippen LogP contribution in [0.15, 0.2) is 70.6 Å². The third-order valence-electron chi connectivity index (χ3n) is 5.72. The summed E-state index contributed by atoms with van der Waals surface area (Å²) in [5.41, 5.74) is 5.61. The lowest BCUT2D eigenvalue weighted by Gasteiger charge is -2.15. The van der Waals surface area contributed by atoms with Gasteiger partial charge in [0, 0.05) is 22.4 Å². The number of nitrogens with one attached hydrogen (secondary N) is 1. The van der Waals surface area contributed by atoms with Crippen molar-refractivity contribution in [1.82, 2.24) is 14.9 Å². The molecule has 0 unspecified atom stereocenters. The lowest BCUT2D eigenvalue weighted by Crippen LogP contribution is -2.30. The van der Waals surface area contributed by atoms with Crippen molar-refractivity contribution in [3.05, 3.63) is 104 Å². The number of fused-ring (bicyclic) bond motifs is 1. The van der Waals surface area contributed by atoms with E-state index < -0.39 is 0 Å². The third kappa shape index (κ3) is 5.95. The Balaban J connectivity index is 1.69. The fourth-order valence-corrected chi connectivity index (χ4v) is 5.04. The van der Waals surface area contributed by atoms with Crippen LogP contribution in [0.2, 0.25) is 5.02 Å². The van der Waals surface area contributed by atoms with Crippen LogP contribution in [0.25, 0.3) is 10.9 Å². The average molecular weight is 506 g/mol. The molecule has 0 spiro atoms. The summed E-state index contributed by atoms with van der Waals surface area (Å²) in [7, 11) is 0. The van der Waals surface area contributed by atoms with E-state index in [-0.39, 0.29) is 17.5 Å². The topological polar surface area (TPSA) is 64.0 Å². The van der Waals surface area contributed by atoms with Gasteiger partial charge in [-0.25, -0.2) is 4.98 Å². The number of hydrogen-bond acceptors (Lipinski definition) is 4. The highest BCUT2D eigenvalue weighted by Gasteiger charge is 2.14. The first-order valence-corrected chi connectivity index (χ1v) is 12.9. The Kier molecular flexibility index (Phi) is 7.63. The minimum Gasteiger partial charge on any atom is -0.350 e. The van der Waals surface area contributed by atoms with Gasteiger partial charge in [0.15, 0.2) is 5.16 Å². The van der Waals surface area contributed by atoms with Crippen molar-refractivity contribution in [2.24, 2.45) is 0 Å². The molecule has 4 aromatic rings. The van der Waals surface area contributed by atoms with Gasteiger partial charge in [-0.3, -0.25) is 14.2 Å². The molecule has 4 rings (SSSR count). The number of rotatable bonds is 7. The Hall–Kier alpha value is -3.09. The number of amides is 1. The van der Waals surface area contributed by atoms with Crippen LogP contribution in [0.4, 0.5) is 0 Å². The maximum Gasteiger partial charge on any atom is 0.262 e. The molecule has 0 aliphatic rings. The molecule has 0 bridgehead atoms. The summed E-state index contributed by atoms with van der Waals surface area (Å²) in [5.74, 6) is 0.586. The number of halogens is 1. The van der Waals surface area contributed by atoms with Crippen molar-refractivity contribution < 1.29 is 4.79 Å². The van der Waals surface area contributed by atoms with E-state index in [0.717, 1.165) is 5.56 Å². The van der Waals surface area contributed by atoms with Gasteiger partial charge in [0.1, 0.15) is 0 Å². The fourth-order valence-electron chi connectivity index (χ4n) is 3.81. The van der Waals surface area contributed by atoms with Crippen LogP contribution in [-0.4, -0.2) is 21.5 Å². The maximum absolute atomic E-state index is 13.5. The van der Waals surface area contributed by atoms with Crippen molar-refractivity contribution in [3.63, 3.8) is 0 Å². The lowest BCUT2D eigenvalue weighted by atomic mass is 10.1. The number of aryl methyl sites for hydroxylation is 2. The summed E-state index contributed by atoms with van der Waals surface area (Å²) in [6.07, 6.45) is 0. The van der Waals surface area contributed by atoms with Gasteiger partial charge in [-0.05, 0) is 74.7 Å². The molecule has 5 nitrogen and oxygen atoms in total. The van der Waals surface area contributed by atoms with Crippen molar-refractivity contribution in [3.8, 4) is 0 Å². The van der Waals surface area contributed by atoms with Gasteiger partial charge >= 0.3 is 0 Å². The van der Waals surface area contributed by atoms with Gasteiger partial charge in [0.25, 0.3) is 11.5 Å². The van der Waals surface area contributed by atoms with Crippen LogP contribution < -0.4 is 10.9 Å². The number of carbonyl (C=O) groups is 1. The summed E-state index contributed by atoms with van der Waals surface area (Å²) < 4.78 is 1.69. The van der Waals surface area contributed by atoms with Gasteiger partial charge in [0.2, 0.25) is 0 Å². The van der Waals surface area contributed by atoms with Crippen LogP contribution in [-0.2, 0) is 12.3 Å². The molecule has 3 aromatic carbocycles. The van der Waals surface area contributed by atoms with E-state index >= 15 is 0 Å². The van der Waals surface area contributed by atoms with Gasteiger partial charge in [-0.2, -0.15) is 0 Å². The normalized spacial score (nSPS) is 11.3. The summed E-state index contributed by atoms with van der Waals surface area (Å²) in [5, 5.41) is 4.53. The van der Waals surface area contributed by atoms with Gasteiger partial charge in [-0.1, -0.05) is 59.3 Å². The highest BCUT2D eigenvalue weighted by molar-refractivity contribution is 7.98. The summed E-state index contributed by atoms with van der Waals surface area (Å²) in [6.45, 7) is 8.36. The van der Waals surface area contributed by atoms with Crippen molar-refractivity contribution in [2.45, 2.75) is 51.2 Å². The highest BCUT2D eigenvalue weighted by atomic mass is 35.5. The Morgan fingerprint density at radius 1 is 1.06 bits per heavy atom. The second kappa shape index (κ2) is 10.7. The summed E-state index contributed by atoms with van der Waals surface area (Å²) in [4.78, 5) is 30.6. The molecular formula is C28H28ClN3O2S. The van der Waals surface area contributed by atoms with Crippen LogP contribution >= 0.6 is 23.4 Å². The molecule has 180 valence electrons. The SMILES string of the molecule is Cc1ccc(C)c(CSc2nc3ccc(Cl)cc3c(=O)n2Cc2ccc(C(=O)NC(C)C)cc2)c1. The van der Waals surface area contributed by atoms with E-state index in [2.05, 4.69) is 37.4 Å². The molecule has 0 aliphatic carbocycles. The Morgan fingerprint density at radius 3 is 2.51 bits per heavy atom. The van der Waals surface area contributed by atoms with E-state index in [9.17, 15) is 9.59 Å². The fraction of sp³-hybridized carbons (Fsp3) is 0.250. The first-order chi connectivity index (χ1) is 16.7. The predicted molar refractivity (Wildman–Crippen MR) is 145 cm³/mol. The van der Waals surface area contributed by atoms with Crippen molar-refractivity contribution in [1.29, 1.82) is 0 Å². The zero-order valence-electron chi connectivity index (χ0n) is 20.3.